The summed E-state index contributed by atoms with van der Waals surface area (Å²) >= 11 is 3.28. The van der Waals surface area contributed by atoms with Crippen molar-refractivity contribution < 1.29 is 14.2 Å². The maximum atomic E-state index is 13.5. The van der Waals surface area contributed by atoms with Crippen LogP contribution < -0.4 is 4.74 Å². The molecule has 0 radical (unpaired) electrons. The Hall–Kier alpha value is -1.39. The molecule has 2 nitrogen and oxygen atoms in total. The minimum atomic E-state index is -0.321. The molecule has 2 rings (SSSR count). The summed E-state index contributed by atoms with van der Waals surface area (Å²) in [5.74, 6) is 0.218. The molecule has 0 saturated heterocycles. The van der Waals surface area contributed by atoms with E-state index < -0.39 is 0 Å². The van der Waals surface area contributed by atoms with E-state index in [9.17, 15) is 9.50 Å². The van der Waals surface area contributed by atoms with E-state index in [-0.39, 0.29) is 18.3 Å². The number of hydrogen-bond acceptors (Lipinski definition) is 2. The zero-order chi connectivity index (χ0) is 14.7. The molecule has 2 aromatic rings. The molecule has 0 spiro atoms. The molecule has 1 unspecified atom stereocenters. The van der Waals surface area contributed by atoms with Gasteiger partial charge in [-0.25, -0.2) is 4.39 Å². The van der Waals surface area contributed by atoms with Crippen molar-refractivity contribution in [2.75, 3.05) is 13.7 Å². The van der Waals surface area contributed by atoms with Crippen LogP contribution >= 0.6 is 15.9 Å². The SMILES string of the molecule is COc1ccc(C(CO)c2cc(F)cc(Br)c2)cc1C. The lowest BCUT2D eigenvalue weighted by Gasteiger charge is -2.17. The van der Waals surface area contributed by atoms with Crippen LogP contribution in [0.25, 0.3) is 0 Å². The Morgan fingerprint density at radius 3 is 2.50 bits per heavy atom. The van der Waals surface area contributed by atoms with Crippen LogP contribution in [0, 0.1) is 12.7 Å². The van der Waals surface area contributed by atoms with Gasteiger partial charge in [-0.15, -0.1) is 0 Å². The van der Waals surface area contributed by atoms with Gasteiger partial charge in [0.25, 0.3) is 0 Å². The predicted molar refractivity (Wildman–Crippen MR) is 80.8 cm³/mol. The minimum absolute atomic E-state index is 0.0817. The van der Waals surface area contributed by atoms with Crippen LogP contribution in [0.1, 0.15) is 22.6 Å². The first-order chi connectivity index (χ1) is 9.55. The van der Waals surface area contributed by atoms with Gasteiger partial charge in [-0.3, -0.25) is 0 Å². The number of ether oxygens (including phenoxy) is 1. The highest BCUT2D eigenvalue weighted by Crippen LogP contribution is 2.30. The third-order valence-corrected chi connectivity index (χ3v) is 3.75. The fourth-order valence-electron chi connectivity index (χ4n) is 2.30. The second-order valence-corrected chi connectivity index (χ2v) is 5.58. The minimum Gasteiger partial charge on any atom is -0.496 e. The highest BCUT2D eigenvalue weighted by molar-refractivity contribution is 9.10. The molecule has 106 valence electrons. The third-order valence-electron chi connectivity index (χ3n) is 3.29. The first-order valence-corrected chi connectivity index (χ1v) is 7.06. The molecule has 1 N–H and O–H groups in total. The zero-order valence-corrected chi connectivity index (χ0v) is 12.9. The molecule has 0 aliphatic rings. The van der Waals surface area contributed by atoms with E-state index in [0.717, 1.165) is 22.4 Å². The topological polar surface area (TPSA) is 29.5 Å². The van der Waals surface area contributed by atoms with Crippen LogP contribution in [-0.4, -0.2) is 18.8 Å². The quantitative estimate of drug-likeness (QED) is 0.911. The lowest BCUT2D eigenvalue weighted by atomic mass is 9.91. The van der Waals surface area contributed by atoms with Gasteiger partial charge in [0, 0.05) is 10.4 Å². The number of methoxy groups -OCH3 is 1. The van der Waals surface area contributed by atoms with Crippen molar-refractivity contribution in [2.45, 2.75) is 12.8 Å². The molecule has 0 aliphatic carbocycles. The van der Waals surface area contributed by atoms with E-state index in [4.69, 9.17) is 4.74 Å². The van der Waals surface area contributed by atoms with E-state index >= 15 is 0 Å². The second-order valence-electron chi connectivity index (χ2n) is 4.67. The van der Waals surface area contributed by atoms with Crippen molar-refractivity contribution in [1.29, 1.82) is 0 Å². The van der Waals surface area contributed by atoms with E-state index in [2.05, 4.69) is 15.9 Å². The van der Waals surface area contributed by atoms with Crippen molar-refractivity contribution in [3.63, 3.8) is 0 Å². The first kappa shape index (κ1) is 15.0. The van der Waals surface area contributed by atoms with Crippen LogP contribution in [0.5, 0.6) is 5.75 Å². The summed E-state index contributed by atoms with van der Waals surface area (Å²) in [6.07, 6.45) is 0. The predicted octanol–water partition coefficient (Wildman–Crippen LogP) is 4.03. The van der Waals surface area contributed by atoms with Crippen LogP contribution in [0.3, 0.4) is 0 Å². The smallest absolute Gasteiger partial charge is 0.124 e. The van der Waals surface area contributed by atoms with Crippen molar-refractivity contribution in [1.82, 2.24) is 0 Å². The summed E-state index contributed by atoms with van der Waals surface area (Å²) in [7, 11) is 1.62. The van der Waals surface area contributed by atoms with Gasteiger partial charge in [0.2, 0.25) is 0 Å². The maximum Gasteiger partial charge on any atom is 0.124 e. The Labute approximate surface area is 126 Å². The summed E-state index contributed by atoms with van der Waals surface area (Å²) in [5.41, 5.74) is 2.66. The molecule has 4 heteroatoms. The molecule has 1 atom stereocenters. The maximum absolute atomic E-state index is 13.5. The normalized spacial score (nSPS) is 12.2. The monoisotopic (exact) mass is 338 g/mol. The highest BCUT2D eigenvalue weighted by atomic mass is 79.9. The van der Waals surface area contributed by atoms with Gasteiger partial charge in [-0.2, -0.15) is 0 Å². The van der Waals surface area contributed by atoms with Gasteiger partial charge < -0.3 is 9.84 Å². The van der Waals surface area contributed by atoms with Gasteiger partial charge in [0.1, 0.15) is 11.6 Å². The summed E-state index contributed by atoms with van der Waals surface area (Å²) in [6, 6.07) is 10.4. The van der Waals surface area contributed by atoms with Crippen LogP contribution in [-0.2, 0) is 0 Å². The molecular formula is C16H16BrFO2. The third kappa shape index (κ3) is 3.19. The average molecular weight is 339 g/mol. The average Bonchev–Trinajstić information content (AvgIpc) is 2.38. The van der Waals surface area contributed by atoms with E-state index in [1.807, 2.05) is 31.2 Å². The summed E-state index contributed by atoms with van der Waals surface area (Å²) in [4.78, 5) is 0. The lowest BCUT2D eigenvalue weighted by molar-refractivity contribution is 0.280. The van der Waals surface area contributed by atoms with Crippen LogP contribution in [0.4, 0.5) is 4.39 Å². The van der Waals surface area contributed by atoms with Crippen molar-refractivity contribution in [2.24, 2.45) is 0 Å². The molecule has 0 aliphatic heterocycles. The fraction of sp³-hybridized carbons (Fsp3) is 0.250. The Kier molecular flexibility index (Phi) is 4.78. The number of halogens is 2. The fourth-order valence-corrected chi connectivity index (χ4v) is 2.78. The first-order valence-electron chi connectivity index (χ1n) is 6.26. The van der Waals surface area contributed by atoms with Crippen molar-refractivity contribution >= 4 is 15.9 Å². The van der Waals surface area contributed by atoms with Gasteiger partial charge in [-0.05, 0) is 47.9 Å². The Morgan fingerprint density at radius 1 is 1.20 bits per heavy atom. The standard InChI is InChI=1S/C16H16BrFO2/c1-10-5-11(3-4-16(10)20-2)15(9-19)12-6-13(17)8-14(18)7-12/h3-8,15,19H,9H2,1-2H3. The zero-order valence-electron chi connectivity index (χ0n) is 11.4. The van der Waals surface area contributed by atoms with E-state index in [1.54, 1.807) is 7.11 Å². The highest BCUT2D eigenvalue weighted by Gasteiger charge is 2.16. The molecule has 20 heavy (non-hydrogen) atoms. The number of aliphatic hydroxyl groups excluding tert-OH is 1. The largest absolute Gasteiger partial charge is 0.496 e. The Bertz CT molecular complexity index is 593. The number of aliphatic hydroxyl groups is 1. The molecule has 2 aromatic carbocycles. The van der Waals surface area contributed by atoms with Crippen molar-refractivity contribution in [3.05, 3.63) is 63.4 Å². The number of aryl methyl sites for hydroxylation is 1. The summed E-state index contributed by atoms with van der Waals surface area (Å²) < 4.78 is 19.4. The van der Waals surface area contributed by atoms with Crippen LogP contribution in [0.2, 0.25) is 0 Å². The van der Waals surface area contributed by atoms with Gasteiger partial charge in [0.15, 0.2) is 0 Å². The van der Waals surface area contributed by atoms with E-state index in [0.29, 0.717) is 4.47 Å². The van der Waals surface area contributed by atoms with Crippen molar-refractivity contribution in [3.8, 4) is 5.75 Å². The molecule has 0 heterocycles. The van der Waals surface area contributed by atoms with E-state index in [1.165, 1.54) is 12.1 Å². The molecule has 0 bridgehead atoms. The second kappa shape index (κ2) is 6.37. The van der Waals surface area contributed by atoms with Gasteiger partial charge >= 0.3 is 0 Å². The number of benzene rings is 2. The van der Waals surface area contributed by atoms with Crippen LogP contribution in [0.15, 0.2) is 40.9 Å². The van der Waals surface area contributed by atoms with Gasteiger partial charge in [-0.1, -0.05) is 28.1 Å². The summed E-state index contributed by atoms with van der Waals surface area (Å²) in [6.45, 7) is 1.86. The number of rotatable bonds is 4. The Morgan fingerprint density at radius 2 is 1.95 bits per heavy atom. The molecule has 0 aromatic heterocycles. The van der Waals surface area contributed by atoms with Gasteiger partial charge in [0.05, 0.1) is 13.7 Å². The molecule has 0 amide bonds. The molecular weight excluding hydrogens is 323 g/mol. The summed E-state index contributed by atoms with van der Waals surface area (Å²) in [5, 5.41) is 9.66. The number of hydrogen-bond donors (Lipinski definition) is 1. The molecule has 0 fully saturated rings. The molecule has 0 saturated carbocycles. The Balaban J connectivity index is 2.44. The lowest BCUT2D eigenvalue weighted by Crippen LogP contribution is -2.07.